The van der Waals surface area contributed by atoms with Gasteiger partial charge in [0.1, 0.15) is 6.04 Å². The first-order valence-electron chi connectivity index (χ1n) is 10.3. The molecule has 12 nitrogen and oxygen atoms in total. The Balaban J connectivity index is 0.000000495. The van der Waals surface area contributed by atoms with E-state index >= 15 is 0 Å². The summed E-state index contributed by atoms with van der Waals surface area (Å²) in [6.07, 6.45) is -1.67. The van der Waals surface area contributed by atoms with E-state index in [1.807, 2.05) is 5.32 Å². The Bertz CT molecular complexity index is 1140. The van der Waals surface area contributed by atoms with Crippen LogP contribution in [0, 0.1) is 0 Å². The van der Waals surface area contributed by atoms with Crippen LogP contribution in [-0.4, -0.2) is 72.3 Å². The third-order valence-corrected chi connectivity index (χ3v) is 5.48. The number of nitrogens with one attached hydrogen (secondary N) is 1. The molecule has 2 aromatic carbocycles. The summed E-state index contributed by atoms with van der Waals surface area (Å²) in [4.78, 5) is 66.7. The number of alkyl carbamates (subject to hydrolysis) is 1. The highest BCUT2D eigenvalue weighted by Crippen LogP contribution is 2.26. The quantitative estimate of drug-likeness (QED) is 0.254. The fraction of sp³-hybridized carbons (Fsp3) is 0.217. The Morgan fingerprint density at radius 3 is 1.46 bits per heavy atom. The van der Waals surface area contributed by atoms with Crippen molar-refractivity contribution >= 4 is 82.2 Å². The number of carbonyl (C=O) groups is 6. The highest BCUT2D eigenvalue weighted by molar-refractivity contribution is 6.40. The first-order valence-corrected chi connectivity index (χ1v) is 11.8. The molecule has 39 heavy (non-hydrogen) atoms. The number of ketones is 1. The highest BCUT2D eigenvalue weighted by atomic mass is 35.5. The van der Waals surface area contributed by atoms with E-state index in [0.29, 0.717) is 0 Å². The number of aliphatic carboxylic acids is 2. The largest absolute Gasteiger partial charge is 0.481 e. The van der Waals surface area contributed by atoms with Crippen molar-refractivity contribution in [3.05, 3.63) is 67.6 Å². The van der Waals surface area contributed by atoms with Crippen molar-refractivity contribution in [3.63, 3.8) is 0 Å². The van der Waals surface area contributed by atoms with Crippen LogP contribution in [0.15, 0.2) is 36.4 Å². The number of carbonyl (C=O) groups excluding carboxylic acids is 4. The normalized spacial score (nSPS) is 10.7. The van der Waals surface area contributed by atoms with Crippen LogP contribution in [0.5, 0.6) is 0 Å². The number of amides is 1. The first-order chi connectivity index (χ1) is 18.3. The Morgan fingerprint density at radius 2 is 1.15 bits per heavy atom. The van der Waals surface area contributed by atoms with Crippen LogP contribution in [-0.2, 0) is 28.6 Å². The van der Waals surface area contributed by atoms with Gasteiger partial charge in [0.05, 0.1) is 44.7 Å². The second kappa shape index (κ2) is 16.4. The van der Waals surface area contributed by atoms with Crippen LogP contribution < -0.4 is 5.32 Å². The van der Waals surface area contributed by atoms with E-state index in [4.69, 9.17) is 66.1 Å². The molecule has 0 spiro atoms. The number of rotatable bonds is 10. The fourth-order valence-corrected chi connectivity index (χ4v) is 3.54. The Kier molecular flexibility index (Phi) is 14.1. The van der Waals surface area contributed by atoms with E-state index in [2.05, 4.69) is 4.74 Å². The monoisotopic (exact) mass is 625 g/mol. The summed E-state index contributed by atoms with van der Waals surface area (Å²) < 4.78 is 13.8. The van der Waals surface area contributed by atoms with E-state index in [-0.39, 0.29) is 31.2 Å². The number of hydrogen-bond donors (Lipinski definition) is 3. The van der Waals surface area contributed by atoms with Gasteiger partial charge in [0, 0.05) is 0 Å². The maximum Gasteiger partial charge on any atom is 0.407 e. The zero-order chi connectivity index (χ0) is 29.7. The van der Waals surface area contributed by atoms with E-state index in [0.717, 1.165) is 7.11 Å². The minimum Gasteiger partial charge on any atom is -0.481 e. The Labute approximate surface area is 240 Å². The molecule has 2 rings (SSSR count). The van der Waals surface area contributed by atoms with Crippen LogP contribution in [0.3, 0.4) is 0 Å². The summed E-state index contributed by atoms with van der Waals surface area (Å²) in [5.74, 6) is -5.13. The zero-order valence-corrected chi connectivity index (χ0v) is 22.8. The van der Waals surface area contributed by atoms with Crippen molar-refractivity contribution in [2.24, 2.45) is 0 Å². The van der Waals surface area contributed by atoms with Crippen molar-refractivity contribution in [2.45, 2.75) is 12.5 Å². The van der Waals surface area contributed by atoms with Gasteiger partial charge in [-0.25, -0.2) is 19.2 Å². The third kappa shape index (κ3) is 11.4. The number of hydrogen-bond acceptors (Lipinski definition) is 9. The molecule has 3 N–H and O–H groups in total. The average Bonchev–Trinajstić information content (AvgIpc) is 2.85. The van der Waals surface area contributed by atoms with E-state index in [1.165, 1.54) is 24.3 Å². The minimum absolute atomic E-state index is 0.0523. The fourth-order valence-electron chi connectivity index (χ4n) is 2.44. The van der Waals surface area contributed by atoms with Gasteiger partial charge in [-0.3, -0.25) is 9.59 Å². The molecule has 1 amide bonds. The Morgan fingerprint density at radius 1 is 0.769 bits per heavy atom. The summed E-state index contributed by atoms with van der Waals surface area (Å²) in [5.41, 5.74) is -0.105. The van der Waals surface area contributed by atoms with E-state index < -0.39 is 61.4 Å². The van der Waals surface area contributed by atoms with E-state index in [9.17, 15) is 28.8 Å². The summed E-state index contributed by atoms with van der Waals surface area (Å²) >= 11 is 23.5. The van der Waals surface area contributed by atoms with Crippen molar-refractivity contribution < 1.29 is 53.2 Å². The molecule has 0 radical (unpaired) electrons. The van der Waals surface area contributed by atoms with Crippen LogP contribution in [0.4, 0.5) is 4.79 Å². The predicted molar refractivity (Wildman–Crippen MR) is 138 cm³/mol. The summed E-state index contributed by atoms with van der Waals surface area (Å²) in [5, 5.41) is 18.9. The van der Waals surface area contributed by atoms with Crippen molar-refractivity contribution in [2.75, 3.05) is 20.3 Å². The maximum atomic E-state index is 12.0. The van der Waals surface area contributed by atoms with Crippen LogP contribution in [0.1, 0.15) is 27.1 Å². The highest BCUT2D eigenvalue weighted by Gasteiger charge is 2.23. The molecular formula is C23H19Cl4NO11. The molecule has 2 aromatic rings. The number of ether oxygens (including phenoxy) is 3. The second-order valence-electron chi connectivity index (χ2n) is 7.01. The van der Waals surface area contributed by atoms with Gasteiger partial charge in [-0.2, -0.15) is 0 Å². The Hall–Kier alpha value is -3.58. The average molecular weight is 627 g/mol. The molecule has 0 fully saturated rings. The number of Topliss-reactive ketones (excluding diaryl/α,β-unsaturated/α-hetero) is 1. The van der Waals surface area contributed by atoms with Crippen LogP contribution in [0.2, 0.25) is 20.1 Å². The summed E-state index contributed by atoms with van der Waals surface area (Å²) in [6.45, 7) is -1.24. The molecule has 0 aliphatic rings. The summed E-state index contributed by atoms with van der Waals surface area (Å²) in [7, 11) is 1.05. The first kappa shape index (κ1) is 33.4. The molecule has 0 bridgehead atoms. The van der Waals surface area contributed by atoms with Gasteiger partial charge in [0.2, 0.25) is 5.78 Å². The third-order valence-electron chi connectivity index (χ3n) is 4.22. The minimum atomic E-state index is -1.47. The second-order valence-corrected chi connectivity index (χ2v) is 8.64. The summed E-state index contributed by atoms with van der Waals surface area (Å²) in [6, 6.07) is 7.49. The standard InChI is InChI=1S/C17H10Cl4O5.C6H9NO6/c18-10-3-1-4-11(19)14(10)16(23)25-7-9(22)8-26-17(24)15-12(20)5-2-6-13(15)21;1-13-6(12)7-3(5(10)11)2-4(8)9/h1-6H,7-8H2;3H,2H2,1H3,(H,7,12)(H,8,9)(H,10,11)/t;3-/m.0/s1. The number of halogens is 4. The molecule has 0 aliphatic carbocycles. The number of methoxy groups -OCH3 is 1. The molecule has 0 aliphatic heterocycles. The molecule has 0 saturated carbocycles. The van der Waals surface area contributed by atoms with Gasteiger partial charge < -0.3 is 29.7 Å². The molecule has 210 valence electrons. The molecule has 1 atom stereocenters. The molecular weight excluding hydrogens is 608 g/mol. The smallest absolute Gasteiger partial charge is 0.407 e. The van der Waals surface area contributed by atoms with Gasteiger partial charge in [0.25, 0.3) is 0 Å². The van der Waals surface area contributed by atoms with Crippen LogP contribution in [0.25, 0.3) is 0 Å². The lowest BCUT2D eigenvalue weighted by Crippen LogP contribution is -2.42. The number of carboxylic acid groups (broad SMARTS) is 2. The van der Waals surface area contributed by atoms with Gasteiger partial charge in [-0.05, 0) is 24.3 Å². The van der Waals surface area contributed by atoms with Crippen molar-refractivity contribution in [3.8, 4) is 0 Å². The van der Waals surface area contributed by atoms with Crippen molar-refractivity contribution in [1.82, 2.24) is 5.32 Å². The topological polar surface area (TPSA) is 183 Å². The predicted octanol–water partition coefficient (Wildman–Crippen LogP) is 4.15. The van der Waals surface area contributed by atoms with Gasteiger partial charge in [0.15, 0.2) is 13.2 Å². The van der Waals surface area contributed by atoms with Gasteiger partial charge >= 0.3 is 30.0 Å². The van der Waals surface area contributed by atoms with E-state index in [1.54, 1.807) is 12.1 Å². The molecule has 0 saturated heterocycles. The molecule has 0 unspecified atom stereocenters. The van der Waals surface area contributed by atoms with Gasteiger partial charge in [-0.15, -0.1) is 0 Å². The van der Waals surface area contributed by atoms with Crippen LogP contribution >= 0.6 is 46.4 Å². The number of esters is 2. The maximum absolute atomic E-state index is 12.0. The molecule has 0 aromatic heterocycles. The molecule has 16 heteroatoms. The molecule has 0 heterocycles. The lowest BCUT2D eigenvalue weighted by atomic mass is 10.2. The van der Waals surface area contributed by atoms with Crippen molar-refractivity contribution in [1.29, 1.82) is 0 Å². The number of benzene rings is 2. The van der Waals surface area contributed by atoms with Gasteiger partial charge in [-0.1, -0.05) is 58.5 Å². The lowest BCUT2D eigenvalue weighted by molar-refractivity contribution is -0.145. The number of carboxylic acids is 2. The lowest BCUT2D eigenvalue weighted by Gasteiger charge is -2.10. The SMILES string of the molecule is COC(=O)N[C@@H](CC(=O)O)C(=O)O.O=C(COC(=O)c1c(Cl)cccc1Cl)COC(=O)c1c(Cl)cccc1Cl. The zero-order valence-electron chi connectivity index (χ0n) is 19.7.